The maximum atomic E-state index is 12.7. The maximum absolute atomic E-state index is 12.7. The highest BCUT2D eigenvalue weighted by Gasteiger charge is 2.30. The van der Waals surface area contributed by atoms with Crippen molar-refractivity contribution in [2.24, 2.45) is 0 Å². The minimum Gasteiger partial charge on any atom is -0.493 e. The van der Waals surface area contributed by atoms with Gasteiger partial charge in [0.05, 0.1) is 26.9 Å². The van der Waals surface area contributed by atoms with Crippen LogP contribution in [0, 0.1) is 0 Å². The van der Waals surface area contributed by atoms with Gasteiger partial charge < -0.3 is 18.7 Å². The first-order valence-corrected chi connectivity index (χ1v) is 7.82. The zero-order chi connectivity index (χ0) is 19.6. The van der Waals surface area contributed by atoms with Crippen molar-refractivity contribution in [1.29, 1.82) is 0 Å². The van der Waals surface area contributed by atoms with Crippen LogP contribution in [0.2, 0.25) is 0 Å². The fourth-order valence-electron chi connectivity index (χ4n) is 2.60. The summed E-state index contributed by atoms with van der Waals surface area (Å²) in [6, 6.07) is 9.71. The average molecular weight is 379 g/mol. The topological polar surface area (TPSA) is 53.7 Å². The van der Waals surface area contributed by atoms with E-state index in [9.17, 15) is 13.2 Å². The van der Waals surface area contributed by atoms with Crippen molar-refractivity contribution in [1.82, 2.24) is 5.16 Å². The van der Waals surface area contributed by atoms with E-state index in [0.717, 1.165) is 12.1 Å². The molecule has 3 aromatic rings. The molecule has 0 amide bonds. The lowest BCUT2D eigenvalue weighted by Gasteiger charge is -2.12. The van der Waals surface area contributed by atoms with Gasteiger partial charge in [-0.2, -0.15) is 13.2 Å². The summed E-state index contributed by atoms with van der Waals surface area (Å²) < 4.78 is 59.3. The Morgan fingerprint density at radius 3 is 1.89 bits per heavy atom. The van der Waals surface area contributed by atoms with Crippen LogP contribution >= 0.6 is 0 Å². The summed E-state index contributed by atoms with van der Waals surface area (Å²) in [6.07, 6.45) is -4.39. The summed E-state index contributed by atoms with van der Waals surface area (Å²) in [4.78, 5) is 0. The summed E-state index contributed by atoms with van der Waals surface area (Å²) in [6.45, 7) is 0. The van der Waals surface area contributed by atoms with Crippen molar-refractivity contribution in [3.63, 3.8) is 0 Å². The van der Waals surface area contributed by atoms with Crippen LogP contribution in [0.3, 0.4) is 0 Å². The molecule has 1 aromatic heterocycles. The molecule has 0 fully saturated rings. The lowest BCUT2D eigenvalue weighted by molar-refractivity contribution is -0.137. The Morgan fingerprint density at radius 1 is 0.815 bits per heavy atom. The first-order chi connectivity index (χ1) is 12.9. The second kappa shape index (κ2) is 7.22. The lowest BCUT2D eigenvalue weighted by atomic mass is 10.1. The predicted molar refractivity (Wildman–Crippen MR) is 92.0 cm³/mol. The maximum Gasteiger partial charge on any atom is 0.416 e. The van der Waals surface area contributed by atoms with Crippen LogP contribution in [0.4, 0.5) is 13.2 Å². The van der Waals surface area contributed by atoms with Crippen molar-refractivity contribution in [3.05, 3.63) is 48.0 Å². The van der Waals surface area contributed by atoms with E-state index in [2.05, 4.69) is 5.16 Å². The molecule has 0 spiro atoms. The van der Waals surface area contributed by atoms with Crippen LogP contribution in [0.25, 0.3) is 22.6 Å². The number of rotatable bonds is 5. The predicted octanol–water partition coefficient (Wildman–Crippen LogP) is 5.05. The molecule has 2 aromatic carbocycles. The molecule has 0 aliphatic rings. The van der Waals surface area contributed by atoms with Gasteiger partial charge in [0, 0.05) is 17.2 Å². The smallest absolute Gasteiger partial charge is 0.416 e. The van der Waals surface area contributed by atoms with E-state index in [1.807, 2.05) is 0 Å². The number of halogens is 3. The van der Waals surface area contributed by atoms with Crippen molar-refractivity contribution in [2.45, 2.75) is 6.18 Å². The van der Waals surface area contributed by atoms with Crippen molar-refractivity contribution in [3.8, 4) is 39.8 Å². The number of alkyl halides is 3. The molecule has 0 saturated heterocycles. The summed E-state index contributed by atoms with van der Waals surface area (Å²) in [7, 11) is 4.49. The molecule has 1 heterocycles. The van der Waals surface area contributed by atoms with Crippen LogP contribution in [-0.4, -0.2) is 26.5 Å². The molecule has 0 aliphatic heterocycles. The molecule has 3 rings (SSSR count). The normalized spacial score (nSPS) is 11.3. The average Bonchev–Trinajstić information content (AvgIpc) is 3.16. The fraction of sp³-hybridized carbons (Fsp3) is 0.211. The third kappa shape index (κ3) is 3.69. The number of aromatic nitrogens is 1. The monoisotopic (exact) mass is 379 g/mol. The third-order valence-corrected chi connectivity index (χ3v) is 3.97. The van der Waals surface area contributed by atoms with Gasteiger partial charge in [-0.05, 0) is 24.3 Å². The molecule has 0 atom stereocenters. The zero-order valence-corrected chi connectivity index (χ0v) is 14.8. The van der Waals surface area contributed by atoms with Gasteiger partial charge in [0.25, 0.3) is 0 Å². The Labute approximate surface area is 153 Å². The largest absolute Gasteiger partial charge is 0.493 e. The van der Waals surface area contributed by atoms with Gasteiger partial charge >= 0.3 is 6.18 Å². The fourth-order valence-corrected chi connectivity index (χ4v) is 2.60. The second-order valence-corrected chi connectivity index (χ2v) is 5.57. The molecule has 0 unspecified atom stereocenters. The molecule has 5 nitrogen and oxygen atoms in total. The second-order valence-electron chi connectivity index (χ2n) is 5.57. The van der Waals surface area contributed by atoms with Gasteiger partial charge in [0.15, 0.2) is 17.3 Å². The van der Waals surface area contributed by atoms with Gasteiger partial charge in [-0.15, -0.1) is 0 Å². The van der Waals surface area contributed by atoms with Gasteiger partial charge in [0.2, 0.25) is 5.75 Å². The standard InChI is InChI=1S/C19H16F3NO4/c1-24-16-8-12(9-17(25-2)18(16)26-3)15-10-14(23-27-15)11-4-6-13(7-5-11)19(20,21)22/h4-10H,1-3H3. The van der Waals surface area contributed by atoms with Gasteiger partial charge in [-0.3, -0.25) is 0 Å². The summed E-state index contributed by atoms with van der Waals surface area (Å²) in [5.41, 5.74) is 0.813. The number of methoxy groups -OCH3 is 3. The Kier molecular flexibility index (Phi) is 4.98. The molecular weight excluding hydrogens is 363 g/mol. The molecule has 0 radical (unpaired) electrons. The minimum absolute atomic E-state index is 0.407. The molecular formula is C19H16F3NO4. The van der Waals surface area contributed by atoms with Gasteiger partial charge in [0.1, 0.15) is 5.69 Å². The molecule has 0 aliphatic carbocycles. The van der Waals surface area contributed by atoms with Crippen LogP contribution < -0.4 is 14.2 Å². The number of benzene rings is 2. The first kappa shape index (κ1) is 18.6. The molecule has 0 saturated carbocycles. The molecule has 142 valence electrons. The number of hydrogen-bond acceptors (Lipinski definition) is 5. The van der Waals surface area contributed by atoms with Crippen LogP contribution in [-0.2, 0) is 6.18 Å². The lowest BCUT2D eigenvalue weighted by Crippen LogP contribution is -2.03. The van der Waals surface area contributed by atoms with Gasteiger partial charge in [-0.1, -0.05) is 17.3 Å². The Morgan fingerprint density at radius 2 is 1.41 bits per heavy atom. The highest BCUT2D eigenvalue weighted by molar-refractivity contribution is 5.71. The zero-order valence-electron chi connectivity index (χ0n) is 14.8. The van der Waals surface area contributed by atoms with Crippen LogP contribution in [0.5, 0.6) is 17.2 Å². The molecule has 0 bridgehead atoms. The Hall–Kier alpha value is -3.16. The highest BCUT2D eigenvalue weighted by atomic mass is 19.4. The summed E-state index contributed by atoms with van der Waals surface area (Å²) in [5.74, 6) is 1.73. The number of nitrogens with zero attached hydrogens (tertiary/aromatic N) is 1. The van der Waals surface area contributed by atoms with E-state index in [1.165, 1.54) is 33.5 Å². The molecule has 0 N–H and O–H groups in total. The van der Waals surface area contributed by atoms with Crippen LogP contribution in [0.1, 0.15) is 5.56 Å². The number of ether oxygens (including phenoxy) is 3. The van der Waals surface area contributed by atoms with E-state index in [1.54, 1.807) is 18.2 Å². The van der Waals surface area contributed by atoms with Crippen molar-refractivity contribution in [2.75, 3.05) is 21.3 Å². The van der Waals surface area contributed by atoms with Crippen LogP contribution in [0.15, 0.2) is 47.0 Å². The Balaban J connectivity index is 1.96. The Bertz CT molecular complexity index is 908. The van der Waals surface area contributed by atoms with Crippen molar-refractivity contribution >= 4 is 0 Å². The number of hydrogen-bond donors (Lipinski definition) is 0. The molecule has 27 heavy (non-hydrogen) atoms. The first-order valence-electron chi connectivity index (χ1n) is 7.82. The summed E-state index contributed by atoms with van der Waals surface area (Å²) in [5, 5.41) is 3.94. The van der Waals surface area contributed by atoms with Gasteiger partial charge in [-0.25, -0.2) is 0 Å². The highest BCUT2D eigenvalue weighted by Crippen LogP contribution is 2.41. The quantitative estimate of drug-likeness (QED) is 0.621. The SMILES string of the molecule is COc1cc(-c2cc(-c3ccc(C(F)(F)F)cc3)no2)cc(OC)c1OC. The minimum atomic E-state index is -4.39. The van der Waals surface area contributed by atoms with E-state index in [-0.39, 0.29) is 0 Å². The van der Waals surface area contributed by atoms with E-state index in [0.29, 0.717) is 39.8 Å². The molecule has 8 heteroatoms. The van der Waals surface area contributed by atoms with E-state index >= 15 is 0 Å². The van der Waals surface area contributed by atoms with Crippen molar-refractivity contribution < 1.29 is 31.9 Å². The summed E-state index contributed by atoms with van der Waals surface area (Å²) >= 11 is 0. The van der Waals surface area contributed by atoms with E-state index in [4.69, 9.17) is 18.7 Å². The van der Waals surface area contributed by atoms with E-state index < -0.39 is 11.7 Å². The third-order valence-electron chi connectivity index (χ3n) is 3.97.